The molecule has 0 spiro atoms. The zero-order chi connectivity index (χ0) is 26.8. The van der Waals surface area contributed by atoms with Gasteiger partial charge in [0.2, 0.25) is 5.91 Å². The predicted octanol–water partition coefficient (Wildman–Crippen LogP) is 4.13. The molecule has 1 saturated carbocycles. The van der Waals surface area contributed by atoms with Gasteiger partial charge >= 0.3 is 0 Å². The third-order valence-electron chi connectivity index (χ3n) is 6.90. The van der Waals surface area contributed by atoms with Gasteiger partial charge in [0, 0.05) is 23.3 Å². The predicted molar refractivity (Wildman–Crippen MR) is 148 cm³/mol. The van der Waals surface area contributed by atoms with Crippen molar-refractivity contribution in [3.05, 3.63) is 82.5 Å². The van der Waals surface area contributed by atoms with Crippen LogP contribution >= 0.6 is 11.5 Å². The molecule has 1 aliphatic carbocycles. The number of anilines is 2. The van der Waals surface area contributed by atoms with Gasteiger partial charge < -0.3 is 16.8 Å². The van der Waals surface area contributed by atoms with E-state index in [1.807, 2.05) is 55.5 Å². The third-order valence-corrected chi connectivity index (χ3v) is 7.75. The highest BCUT2D eigenvalue weighted by molar-refractivity contribution is 7.09. The van der Waals surface area contributed by atoms with Gasteiger partial charge in [0.25, 0.3) is 11.8 Å². The van der Waals surface area contributed by atoms with Crippen molar-refractivity contribution in [2.75, 3.05) is 10.6 Å². The Hall–Kier alpha value is -4.31. The van der Waals surface area contributed by atoms with Crippen molar-refractivity contribution >= 4 is 51.5 Å². The molecule has 1 atom stereocenters. The fourth-order valence-corrected chi connectivity index (χ4v) is 5.71. The first-order valence-corrected chi connectivity index (χ1v) is 13.2. The number of nitrogens with zero attached hydrogens (tertiary/aromatic N) is 3. The molecule has 4 aromatic rings. The Morgan fingerprint density at radius 2 is 1.84 bits per heavy atom. The maximum atomic E-state index is 14.2. The Balaban J connectivity index is 1.69. The van der Waals surface area contributed by atoms with E-state index < -0.39 is 17.9 Å². The van der Waals surface area contributed by atoms with Crippen LogP contribution in [0.2, 0.25) is 0 Å². The number of fused-ring (bicyclic) bond motifs is 1. The molecule has 2 heterocycles. The van der Waals surface area contributed by atoms with Crippen LogP contribution < -0.4 is 21.7 Å². The van der Waals surface area contributed by atoms with Gasteiger partial charge in [0.15, 0.2) is 5.69 Å². The second-order valence-electron chi connectivity index (χ2n) is 9.45. The normalized spacial score (nSPS) is 14.3. The van der Waals surface area contributed by atoms with E-state index in [0.717, 1.165) is 53.7 Å². The molecule has 3 amide bonds. The second-order valence-corrected chi connectivity index (χ2v) is 10.2. The van der Waals surface area contributed by atoms with Gasteiger partial charge in [-0.2, -0.15) is 4.37 Å². The molecule has 194 valence electrons. The molecule has 2 aromatic carbocycles. The number of carbonyl (C=O) groups is 3. The highest BCUT2D eigenvalue weighted by Crippen LogP contribution is 2.36. The minimum absolute atomic E-state index is 0.0379. The number of nitrogens with two attached hydrogens (primary N) is 2. The van der Waals surface area contributed by atoms with Crippen molar-refractivity contribution in [3.63, 3.8) is 0 Å². The van der Waals surface area contributed by atoms with E-state index in [9.17, 15) is 14.4 Å². The summed E-state index contributed by atoms with van der Waals surface area (Å²) in [4.78, 5) is 46.0. The Morgan fingerprint density at radius 1 is 1.08 bits per heavy atom. The van der Waals surface area contributed by atoms with Crippen molar-refractivity contribution in [3.8, 4) is 0 Å². The number of amides is 3. The van der Waals surface area contributed by atoms with Crippen LogP contribution in [-0.4, -0.2) is 33.1 Å². The lowest BCUT2D eigenvalue weighted by Crippen LogP contribution is -2.46. The van der Waals surface area contributed by atoms with Crippen molar-refractivity contribution in [2.24, 2.45) is 5.73 Å². The van der Waals surface area contributed by atoms with E-state index in [0.29, 0.717) is 11.3 Å². The van der Waals surface area contributed by atoms with E-state index in [2.05, 4.69) is 14.7 Å². The molecule has 0 aliphatic heterocycles. The molecule has 38 heavy (non-hydrogen) atoms. The van der Waals surface area contributed by atoms with Crippen LogP contribution in [0.4, 0.5) is 11.4 Å². The fourth-order valence-electron chi connectivity index (χ4n) is 4.97. The number of benzene rings is 2. The third kappa shape index (κ3) is 4.82. The van der Waals surface area contributed by atoms with E-state index >= 15 is 0 Å². The molecule has 9 nitrogen and oxygen atoms in total. The van der Waals surface area contributed by atoms with Crippen LogP contribution in [0.1, 0.15) is 63.0 Å². The Bertz CT molecular complexity index is 1530. The minimum Gasteiger partial charge on any atom is -0.395 e. The monoisotopic (exact) mass is 528 g/mol. The van der Waals surface area contributed by atoms with E-state index in [4.69, 9.17) is 11.5 Å². The zero-order valence-corrected chi connectivity index (χ0v) is 21.7. The number of rotatable bonds is 7. The molecule has 1 fully saturated rings. The Morgan fingerprint density at radius 3 is 2.55 bits per heavy atom. The molecular formula is C28H28N6O3S. The largest absolute Gasteiger partial charge is 0.395 e. The lowest BCUT2D eigenvalue weighted by molar-refractivity contribution is -0.123. The smallest absolute Gasteiger partial charge is 0.273 e. The highest BCUT2D eigenvalue weighted by atomic mass is 32.1. The standard InChI is InChI=1S/C28H28N6O3S/c1-16-7-2-5-11-21(16)34(28(37)25-22(29)23(26(30)35)33-38-25)24(27(36)32-19-9-3-4-10-19)18-12-13-20-17(15-18)8-6-14-31-20/h2,5-8,11-15,19,24H,3-4,9-10,29H2,1H3,(H2,30,35)(H,32,36)/t24-/m0/s1. The average molecular weight is 529 g/mol. The number of aryl methyl sites for hydroxylation is 1. The number of carbonyl (C=O) groups excluding carboxylic acids is 3. The highest BCUT2D eigenvalue weighted by Gasteiger charge is 2.37. The molecular weight excluding hydrogens is 500 g/mol. The summed E-state index contributed by atoms with van der Waals surface area (Å²) in [6, 6.07) is 15.6. The summed E-state index contributed by atoms with van der Waals surface area (Å²) >= 11 is 0.792. The number of para-hydroxylation sites is 1. The van der Waals surface area contributed by atoms with Crippen LogP contribution in [0.25, 0.3) is 10.9 Å². The fraction of sp³-hybridized carbons (Fsp3) is 0.250. The molecule has 2 aromatic heterocycles. The molecule has 0 saturated heterocycles. The molecule has 10 heteroatoms. The van der Waals surface area contributed by atoms with Gasteiger partial charge in [0.05, 0.1) is 11.2 Å². The summed E-state index contributed by atoms with van der Waals surface area (Å²) in [6.07, 6.45) is 5.58. The van der Waals surface area contributed by atoms with Gasteiger partial charge in [-0.25, -0.2) is 0 Å². The SMILES string of the molecule is Cc1ccccc1N(C(=O)c1snc(C(N)=O)c1N)[C@H](C(=O)NC1CCCC1)c1ccc2ncccc2c1. The molecule has 1 aliphatic rings. The number of hydrogen-bond donors (Lipinski definition) is 3. The average Bonchev–Trinajstić information content (AvgIpc) is 3.56. The van der Waals surface area contributed by atoms with Crippen LogP contribution in [0.5, 0.6) is 0 Å². The van der Waals surface area contributed by atoms with Crippen LogP contribution in [0.3, 0.4) is 0 Å². The first-order chi connectivity index (χ1) is 18.3. The van der Waals surface area contributed by atoms with E-state index in [1.54, 1.807) is 12.3 Å². The zero-order valence-electron chi connectivity index (χ0n) is 20.9. The van der Waals surface area contributed by atoms with Crippen LogP contribution in [0, 0.1) is 6.92 Å². The van der Waals surface area contributed by atoms with E-state index in [-0.39, 0.29) is 28.2 Å². The van der Waals surface area contributed by atoms with Gasteiger partial charge in [-0.1, -0.05) is 43.2 Å². The Labute approximate surface area is 224 Å². The number of aromatic nitrogens is 2. The summed E-state index contributed by atoms with van der Waals surface area (Å²) in [6.45, 7) is 1.87. The molecule has 5 N–H and O–H groups in total. The number of primary amides is 1. The van der Waals surface area contributed by atoms with Crippen molar-refractivity contribution in [1.29, 1.82) is 0 Å². The number of pyridine rings is 1. The number of hydrogen-bond acceptors (Lipinski definition) is 7. The molecule has 5 rings (SSSR count). The summed E-state index contributed by atoms with van der Waals surface area (Å²) in [5.41, 5.74) is 14.1. The summed E-state index contributed by atoms with van der Waals surface area (Å²) in [7, 11) is 0. The van der Waals surface area contributed by atoms with Gasteiger partial charge in [-0.05, 0) is 66.7 Å². The number of nitrogen functional groups attached to an aromatic ring is 1. The van der Waals surface area contributed by atoms with Gasteiger partial charge in [-0.3, -0.25) is 24.3 Å². The first-order valence-electron chi connectivity index (χ1n) is 12.4. The van der Waals surface area contributed by atoms with Gasteiger partial charge in [-0.15, -0.1) is 0 Å². The van der Waals surface area contributed by atoms with Crippen molar-refractivity contribution in [1.82, 2.24) is 14.7 Å². The molecule has 0 bridgehead atoms. The molecule has 0 radical (unpaired) electrons. The lowest BCUT2D eigenvalue weighted by atomic mass is 9.99. The Kier molecular flexibility index (Phi) is 7.06. The topological polar surface area (TPSA) is 144 Å². The quantitative estimate of drug-likeness (QED) is 0.329. The second kappa shape index (κ2) is 10.6. The maximum Gasteiger partial charge on any atom is 0.273 e. The summed E-state index contributed by atoms with van der Waals surface area (Å²) in [5, 5.41) is 4.02. The van der Waals surface area contributed by atoms with Gasteiger partial charge in [0.1, 0.15) is 10.9 Å². The maximum absolute atomic E-state index is 14.2. The van der Waals surface area contributed by atoms with Crippen LogP contribution in [0.15, 0.2) is 60.8 Å². The van der Waals surface area contributed by atoms with Crippen LogP contribution in [-0.2, 0) is 4.79 Å². The van der Waals surface area contributed by atoms with Crippen molar-refractivity contribution < 1.29 is 14.4 Å². The molecule has 0 unspecified atom stereocenters. The summed E-state index contributed by atoms with van der Waals surface area (Å²) < 4.78 is 4.02. The lowest BCUT2D eigenvalue weighted by Gasteiger charge is -2.33. The minimum atomic E-state index is -1.02. The van der Waals surface area contributed by atoms with Crippen molar-refractivity contribution in [2.45, 2.75) is 44.7 Å². The van der Waals surface area contributed by atoms with E-state index in [1.165, 1.54) is 4.90 Å². The summed E-state index contributed by atoms with van der Waals surface area (Å²) in [5.74, 6) is -1.66. The first kappa shape index (κ1) is 25.3. The number of nitrogens with one attached hydrogen (secondary N) is 1.